The van der Waals surface area contributed by atoms with Gasteiger partial charge in [0.1, 0.15) is 11.6 Å². The fourth-order valence-corrected chi connectivity index (χ4v) is 5.56. The molecule has 0 saturated carbocycles. The van der Waals surface area contributed by atoms with E-state index in [1.54, 1.807) is 19.2 Å². The van der Waals surface area contributed by atoms with Crippen molar-refractivity contribution in [2.24, 2.45) is 0 Å². The number of aliphatic hydroxyl groups is 1. The smallest absolute Gasteiger partial charge is 0.146 e. The Morgan fingerprint density at radius 2 is 1.62 bits per heavy atom. The summed E-state index contributed by atoms with van der Waals surface area (Å²) in [5.74, 6) is 7.30. The van der Waals surface area contributed by atoms with Gasteiger partial charge in [0.25, 0.3) is 0 Å². The topological polar surface area (TPSA) is 48.0 Å². The van der Waals surface area contributed by atoms with Crippen LogP contribution in [0.5, 0.6) is 5.75 Å². The zero-order valence-corrected chi connectivity index (χ0v) is 21.2. The largest absolute Gasteiger partial charge is 0.497 e. The maximum atomic E-state index is 14.1. The lowest BCUT2D eigenvalue weighted by Crippen LogP contribution is -2.67. The van der Waals surface area contributed by atoms with Gasteiger partial charge in [0.05, 0.1) is 26.1 Å². The van der Waals surface area contributed by atoms with Gasteiger partial charge in [-0.05, 0) is 80.0 Å². The molecule has 192 valence electrons. The van der Waals surface area contributed by atoms with Crippen molar-refractivity contribution in [2.75, 3.05) is 45.3 Å². The van der Waals surface area contributed by atoms with E-state index in [0.717, 1.165) is 49.4 Å². The van der Waals surface area contributed by atoms with Crippen LogP contribution < -0.4 is 10.1 Å². The normalized spacial score (nSPS) is 22.0. The number of aliphatic hydroxyl groups excluding tert-OH is 1. The molecule has 0 radical (unpaired) electrons. The lowest BCUT2D eigenvalue weighted by atomic mass is 9.74. The zero-order valence-electron chi connectivity index (χ0n) is 21.2. The first-order valence-corrected chi connectivity index (χ1v) is 13.0. The van der Waals surface area contributed by atoms with Crippen molar-refractivity contribution in [3.63, 3.8) is 0 Å². The number of hydrogen-bond acceptors (Lipinski definition) is 5. The third kappa shape index (κ3) is 5.80. The van der Waals surface area contributed by atoms with Gasteiger partial charge < -0.3 is 15.2 Å². The molecule has 2 aliphatic rings. The summed E-state index contributed by atoms with van der Waals surface area (Å²) in [6, 6.07) is 23.4. The van der Waals surface area contributed by atoms with Crippen LogP contribution in [0.4, 0.5) is 10.1 Å². The van der Waals surface area contributed by atoms with Crippen LogP contribution in [0.2, 0.25) is 0 Å². The summed E-state index contributed by atoms with van der Waals surface area (Å²) in [5.41, 5.74) is 3.67. The standard InChI is InChI=1S/C31H34FN3O2/c1-37-26-16-12-24(13-17-26)9-8-23-10-14-25(15-11-23)31-29-20-34(18-4-5-19-35(29)30(31)21-36)22-33-28-7-3-2-6-27(28)32/h2-3,6-7,10-17,29-31,33,36H,4-5,18-22H2,1H3/t29-,30-,31+/m1/s1. The highest BCUT2D eigenvalue weighted by Crippen LogP contribution is 2.42. The number of hydrogen-bond donors (Lipinski definition) is 2. The van der Waals surface area contributed by atoms with Crippen molar-refractivity contribution >= 4 is 5.69 Å². The van der Waals surface area contributed by atoms with E-state index < -0.39 is 0 Å². The Hall–Kier alpha value is -3.37. The summed E-state index contributed by atoms with van der Waals surface area (Å²) in [5, 5.41) is 13.5. The molecule has 2 N–H and O–H groups in total. The van der Waals surface area contributed by atoms with Crippen LogP contribution in [0.3, 0.4) is 0 Å². The van der Waals surface area contributed by atoms with Crippen LogP contribution in [0.1, 0.15) is 35.4 Å². The van der Waals surface area contributed by atoms with E-state index in [4.69, 9.17) is 4.74 Å². The monoisotopic (exact) mass is 499 g/mol. The van der Waals surface area contributed by atoms with Crippen molar-refractivity contribution in [3.05, 3.63) is 95.3 Å². The average Bonchev–Trinajstić information content (AvgIpc) is 2.92. The van der Waals surface area contributed by atoms with E-state index in [2.05, 4.69) is 51.2 Å². The molecule has 5 rings (SSSR count). The zero-order chi connectivity index (χ0) is 25.6. The predicted octanol–water partition coefficient (Wildman–Crippen LogP) is 4.53. The SMILES string of the molecule is COc1ccc(C#Cc2ccc([C@@H]3[C@@H](CO)N4CCCCN(CNc5ccccc5F)C[C@H]34)cc2)cc1. The summed E-state index contributed by atoms with van der Waals surface area (Å²) in [7, 11) is 1.65. The van der Waals surface area contributed by atoms with Crippen LogP contribution in [-0.2, 0) is 0 Å². The van der Waals surface area contributed by atoms with E-state index in [0.29, 0.717) is 18.4 Å². The number of halogens is 1. The maximum Gasteiger partial charge on any atom is 0.146 e. The summed E-state index contributed by atoms with van der Waals surface area (Å²) in [6.07, 6.45) is 2.18. The predicted molar refractivity (Wildman–Crippen MR) is 145 cm³/mol. The highest BCUT2D eigenvalue weighted by Gasteiger charge is 2.48. The van der Waals surface area contributed by atoms with Crippen molar-refractivity contribution in [3.8, 4) is 17.6 Å². The molecule has 3 aromatic carbocycles. The molecular weight excluding hydrogens is 465 g/mol. The number of rotatable bonds is 6. The molecule has 0 unspecified atom stereocenters. The van der Waals surface area contributed by atoms with Crippen LogP contribution >= 0.6 is 0 Å². The van der Waals surface area contributed by atoms with Crippen molar-refractivity contribution in [1.29, 1.82) is 0 Å². The minimum Gasteiger partial charge on any atom is -0.497 e. The highest BCUT2D eigenvalue weighted by molar-refractivity contribution is 5.46. The third-order valence-electron chi connectivity index (χ3n) is 7.56. The summed E-state index contributed by atoms with van der Waals surface area (Å²) in [4.78, 5) is 4.83. The number of anilines is 1. The lowest BCUT2D eigenvalue weighted by molar-refractivity contribution is -0.0636. The molecule has 2 fully saturated rings. The second kappa shape index (κ2) is 11.8. The van der Waals surface area contributed by atoms with Crippen LogP contribution in [-0.4, -0.2) is 67.0 Å². The van der Waals surface area contributed by atoms with Gasteiger partial charge in [-0.25, -0.2) is 4.39 Å². The van der Waals surface area contributed by atoms with Gasteiger partial charge in [-0.3, -0.25) is 9.80 Å². The highest BCUT2D eigenvalue weighted by atomic mass is 19.1. The summed E-state index contributed by atoms with van der Waals surface area (Å²) >= 11 is 0. The number of nitrogens with zero attached hydrogens (tertiary/aromatic N) is 2. The number of para-hydroxylation sites is 1. The molecule has 0 spiro atoms. The van der Waals surface area contributed by atoms with E-state index in [-0.39, 0.29) is 24.4 Å². The maximum absolute atomic E-state index is 14.1. The second-order valence-electron chi connectivity index (χ2n) is 9.78. The minimum absolute atomic E-state index is 0.126. The van der Waals surface area contributed by atoms with Gasteiger partial charge in [-0.15, -0.1) is 0 Å². The first-order valence-electron chi connectivity index (χ1n) is 13.0. The van der Waals surface area contributed by atoms with Gasteiger partial charge in [0.15, 0.2) is 0 Å². The number of benzene rings is 3. The second-order valence-corrected chi connectivity index (χ2v) is 9.78. The van der Waals surface area contributed by atoms with Gasteiger partial charge in [0.2, 0.25) is 0 Å². The first-order chi connectivity index (χ1) is 18.2. The Morgan fingerprint density at radius 3 is 2.30 bits per heavy atom. The molecule has 6 heteroatoms. The molecule has 0 aliphatic carbocycles. The molecule has 3 aromatic rings. The number of fused-ring (bicyclic) bond motifs is 1. The fraction of sp³-hybridized carbons (Fsp3) is 0.355. The molecule has 2 heterocycles. The van der Waals surface area contributed by atoms with Gasteiger partial charge in [0, 0.05) is 35.7 Å². The number of ether oxygens (including phenoxy) is 1. The number of methoxy groups -OCH3 is 1. The Labute approximate surface area is 218 Å². The van der Waals surface area contributed by atoms with Gasteiger partial charge >= 0.3 is 0 Å². The lowest BCUT2D eigenvalue weighted by Gasteiger charge is -2.57. The molecule has 3 atom stereocenters. The van der Waals surface area contributed by atoms with Crippen LogP contribution in [0.15, 0.2) is 72.8 Å². The minimum atomic E-state index is -0.229. The Morgan fingerprint density at radius 1 is 0.946 bits per heavy atom. The van der Waals surface area contributed by atoms with Crippen molar-refractivity contribution in [2.45, 2.75) is 30.8 Å². The van der Waals surface area contributed by atoms with Crippen LogP contribution in [0.25, 0.3) is 0 Å². The fourth-order valence-electron chi connectivity index (χ4n) is 5.56. The van der Waals surface area contributed by atoms with E-state index in [1.165, 1.54) is 11.6 Å². The molecule has 0 aromatic heterocycles. The Kier molecular flexibility index (Phi) is 8.05. The average molecular weight is 500 g/mol. The molecule has 0 bridgehead atoms. The molecule has 37 heavy (non-hydrogen) atoms. The van der Waals surface area contributed by atoms with Crippen molar-refractivity contribution in [1.82, 2.24) is 9.80 Å². The number of nitrogens with one attached hydrogen (secondary N) is 1. The molecule has 0 amide bonds. The first kappa shape index (κ1) is 25.3. The van der Waals surface area contributed by atoms with Gasteiger partial charge in [-0.1, -0.05) is 36.1 Å². The molecule has 2 aliphatic heterocycles. The Bertz CT molecular complexity index is 1240. The van der Waals surface area contributed by atoms with Gasteiger partial charge in [-0.2, -0.15) is 0 Å². The quantitative estimate of drug-likeness (QED) is 0.488. The summed E-state index contributed by atoms with van der Waals surface area (Å²) < 4.78 is 19.3. The summed E-state index contributed by atoms with van der Waals surface area (Å²) in [6.45, 7) is 3.60. The Balaban J connectivity index is 1.28. The van der Waals surface area contributed by atoms with E-state index in [9.17, 15) is 9.50 Å². The van der Waals surface area contributed by atoms with E-state index >= 15 is 0 Å². The molecular formula is C31H34FN3O2. The molecule has 5 nitrogen and oxygen atoms in total. The van der Waals surface area contributed by atoms with Crippen LogP contribution in [0, 0.1) is 17.7 Å². The molecule has 2 saturated heterocycles. The van der Waals surface area contributed by atoms with E-state index in [1.807, 2.05) is 30.3 Å². The van der Waals surface area contributed by atoms with Crippen molar-refractivity contribution < 1.29 is 14.2 Å². The third-order valence-corrected chi connectivity index (χ3v) is 7.56.